The summed E-state index contributed by atoms with van der Waals surface area (Å²) in [5.74, 6) is 1.75. The molecule has 3 aromatic rings. The highest BCUT2D eigenvalue weighted by Gasteiger charge is 2.05. The van der Waals surface area contributed by atoms with E-state index in [0.717, 1.165) is 46.7 Å². The second-order valence-corrected chi connectivity index (χ2v) is 8.22. The lowest BCUT2D eigenvalue weighted by atomic mass is 10.1. The number of hydrogen-bond donors (Lipinski definition) is 0. The summed E-state index contributed by atoms with van der Waals surface area (Å²) in [6, 6.07) is 18.4. The number of benzene rings is 2. The SMILES string of the molecule is CCCCCCCCCCOc1ccc(/C=C/c2nc3ccccc3cc2OCC)cc1. The molecule has 170 valence electrons. The molecule has 3 heteroatoms. The van der Waals surface area contributed by atoms with Crippen LogP contribution in [0.1, 0.15) is 76.5 Å². The quantitative estimate of drug-likeness (QED) is 0.240. The van der Waals surface area contributed by atoms with Crippen LogP contribution in [0.3, 0.4) is 0 Å². The first-order chi connectivity index (χ1) is 15.8. The summed E-state index contributed by atoms with van der Waals surface area (Å²) in [7, 11) is 0. The highest BCUT2D eigenvalue weighted by Crippen LogP contribution is 2.25. The molecule has 0 bridgehead atoms. The summed E-state index contributed by atoms with van der Waals surface area (Å²) >= 11 is 0. The topological polar surface area (TPSA) is 31.4 Å². The lowest BCUT2D eigenvalue weighted by Gasteiger charge is -2.09. The minimum Gasteiger partial charge on any atom is -0.494 e. The van der Waals surface area contributed by atoms with Crippen molar-refractivity contribution in [2.24, 2.45) is 0 Å². The van der Waals surface area contributed by atoms with E-state index in [0.29, 0.717) is 6.61 Å². The highest BCUT2D eigenvalue weighted by molar-refractivity contribution is 5.83. The zero-order valence-corrected chi connectivity index (χ0v) is 19.7. The van der Waals surface area contributed by atoms with Crippen molar-refractivity contribution in [1.29, 1.82) is 0 Å². The van der Waals surface area contributed by atoms with E-state index >= 15 is 0 Å². The van der Waals surface area contributed by atoms with Gasteiger partial charge in [-0.3, -0.25) is 0 Å². The standard InChI is InChI=1S/C29H37NO2/c1-3-5-6-7-8-9-10-13-22-32-26-19-16-24(17-20-26)18-21-28-29(31-4-2)23-25-14-11-12-15-27(25)30-28/h11-12,14-21,23H,3-10,13,22H2,1-2H3/b21-18+. The highest BCUT2D eigenvalue weighted by atomic mass is 16.5. The first-order valence-corrected chi connectivity index (χ1v) is 12.2. The van der Waals surface area contributed by atoms with Crippen LogP contribution in [0.5, 0.6) is 11.5 Å². The van der Waals surface area contributed by atoms with Gasteiger partial charge in [0.15, 0.2) is 0 Å². The Kier molecular flexibility index (Phi) is 10.1. The van der Waals surface area contributed by atoms with Gasteiger partial charge in [-0.1, -0.05) is 88.3 Å². The summed E-state index contributed by atoms with van der Waals surface area (Å²) < 4.78 is 11.7. The molecular formula is C29H37NO2. The van der Waals surface area contributed by atoms with Gasteiger partial charge in [-0.2, -0.15) is 0 Å². The Morgan fingerprint density at radius 3 is 2.22 bits per heavy atom. The normalized spacial score (nSPS) is 11.3. The summed E-state index contributed by atoms with van der Waals surface area (Å²) in [5.41, 5.74) is 2.93. The van der Waals surface area contributed by atoms with Crippen molar-refractivity contribution >= 4 is 23.1 Å². The van der Waals surface area contributed by atoms with Gasteiger partial charge in [0.25, 0.3) is 0 Å². The third kappa shape index (κ3) is 7.71. The number of para-hydroxylation sites is 1. The monoisotopic (exact) mass is 431 g/mol. The van der Waals surface area contributed by atoms with E-state index < -0.39 is 0 Å². The van der Waals surface area contributed by atoms with E-state index in [1.807, 2.05) is 43.3 Å². The molecule has 32 heavy (non-hydrogen) atoms. The van der Waals surface area contributed by atoms with Crippen molar-refractivity contribution in [2.75, 3.05) is 13.2 Å². The molecule has 0 aliphatic heterocycles. The van der Waals surface area contributed by atoms with E-state index in [4.69, 9.17) is 14.5 Å². The minimum absolute atomic E-state index is 0.617. The van der Waals surface area contributed by atoms with Crippen LogP contribution in [0.15, 0.2) is 54.6 Å². The first kappa shape index (κ1) is 23.8. The Labute approximate surface area is 193 Å². The second kappa shape index (κ2) is 13.6. The molecule has 0 fully saturated rings. The van der Waals surface area contributed by atoms with Gasteiger partial charge in [0.2, 0.25) is 0 Å². The van der Waals surface area contributed by atoms with Crippen molar-refractivity contribution in [1.82, 2.24) is 4.98 Å². The van der Waals surface area contributed by atoms with Crippen LogP contribution in [0.25, 0.3) is 23.1 Å². The maximum atomic E-state index is 5.91. The second-order valence-electron chi connectivity index (χ2n) is 8.22. The molecular weight excluding hydrogens is 394 g/mol. The molecule has 0 unspecified atom stereocenters. The molecule has 0 spiro atoms. The molecule has 0 amide bonds. The molecule has 2 aromatic carbocycles. The fraction of sp³-hybridized carbons (Fsp3) is 0.414. The lowest BCUT2D eigenvalue weighted by Crippen LogP contribution is -1.97. The van der Waals surface area contributed by atoms with E-state index in [9.17, 15) is 0 Å². The maximum absolute atomic E-state index is 5.91. The first-order valence-electron chi connectivity index (χ1n) is 12.2. The van der Waals surface area contributed by atoms with Crippen LogP contribution in [0.4, 0.5) is 0 Å². The zero-order chi connectivity index (χ0) is 22.4. The Hall–Kier alpha value is -2.81. The molecule has 1 aromatic heterocycles. The Bertz CT molecular complexity index is 963. The van der Waals surface area contributed by atoms with Gasteiger partial charge in [-0.15, -0.1) is 0 Å². The fourth-order valence-electron chi connectivity index (χ4n) is 3.78. The van der Waals surface area contributed by atoms with Crippen LogP contribution < -0.4 is 9.47 Å². The number of fused-ring (bicyclic) bond motifs is 1. The average Bonchev–Trinajstić information content (AvgIpc) is 2.82. The van der Waals surface area contributed by atoms with Gasteiger partial charge in [0.1, 0.15) is 17.2 Å². The predicted octanol–water partition coefficient (Wildman–Crippen LogP) is 8.32. The molecule has 3 nitrogen and oxygen atoms in total. The van der Waals surface area contributed by atoms with Crippen molar-refractivity contribution in [3.63, 3.8) is 0 Å². The molecule has 0 atom stereocenters. The molecule has 0 aliphatic carbocycles. The zero-order valence-electron chi connectivity index (χ0n) is 19.7. The number of hydrogen-bond acceptors (Lipinski definition) is 3. The summed E-state index contributed by atoms with van der Waals surface area (Å²) in [6.45, 7) is 5.67. The number of nitrogens with zero attached hydrogens (tertiary/aromatic N) is 1. The van der Waals surface area contributed by atoms with Crippen molar-refractivity contribution in [3.8, 4) is 11.5 Å². The summed E-state index contributed by atoms with van der Waals surface area (Å²) in [4.78, 5) is 4.78. The van der Waals surface area contributed by atoms with Gasteiger partial charge < -0.3 is 9.47 Å². The van der Waals surface area contributed by atoms with Crippen molar-refractivity contribution < 1.29 is 9.47 Å². The number of aromatic nitrogens is 1. The van der Waals surface area contributed by atoms with E-state index in [1.165, 1.54) is 44.9 Å². The van der Waals surface area contributed by atoms with Crippen LogP contribution in [0, 0.1) is 0 Å². The fourth-order valence-corrected chi connectivity index (χ4v) is 3.78. The molecule has 0 aliphatic rings. The van der Waals surface area contributed by atoms with Crippen LogP contribution in [-0.2, 0) is 0 Å². The average molecular weight is 432 g/mol. The van der Waals surface area contributed by atoms with Crippen molar-refractivity contribution in [2.45, 2.75) is 65.2 Å². The van der Waals surface area contributed by atoms with Gasteiger partial charge in [0, 0.05) is 5.39 Å². The minimum atomic E-state index is 0.617. The van der Waals surface area contributed by atoms with Crippen LogP contribution in [0.2, 0.25) is 0 Å². The van der Waals surface area contributed by atoms with E-state index in [1.54, 1.807) is 0 Å². The molecule has 3 rings (SSSR count). The smallest absolute Gasteiger partial charge is 0.145 e. The lowest BCUT2D eigenvalue weighted by molar-refractivity contribution is 0.304. The van der Waals surface area contributed by atoms with Crippen molar-refractivity contribution in [3.05, 3.63) is 65.9 Å². The molecule has 0 radical (unpaired) electrons. The Balaban J connectivity index is 1.48. The van der Waals surface area contributed by atoms with Crippen LogP contribution >= 0.6 is 0 Å². The van der Waals surface area contributed by atoms with E-state index in [2.05, 4.69) is 37.3 Å². The van der Waals surface area contributed by atoms with Gasteiger partial charge in [-0.05, 0) is 49.2 Å². The molecule has 0 saturated heterocycles. The van der Waals surface area contributed by atoms with Gasteiger partial charge >= 0.3 is 0 Å². The number of pyridine rings is 1. The largest absolute Gasteiger partial charge is 0.494 e. The number of ether oxygens (including phenoxy) is 2. The Morgan fingerprint density at radius 1 is 0.750 bits per heavy atom. The third-order valence-electron chi connectivity index (χ3n) is 5.60. The van der Waals surface area contributed by atoms with Gasteiger partial charge in [0.05, 0.1) is 18.7 Å². The van der Waals surface area contributed by atoms with Gasteiger partial charge in [-0.25, -0.2) is 4.98 Å². The molecule has 1 heterocycles. The van der Waals surface area contributed by atoms with Crippen LogP contribution in [-0.4, -0.2) is 18.2 Å². The molecule has 0 saturated carbocycles. The summed E-state index contributed by atoms with van der Waals surface area (Å²) in [5, 5.41) is 1.09. The summed E-state index contributed by atoms with van der Waals surface area (Å²) in [6.07, 6.45) is 14.6. The number of rotatable bonds is 14. The Morgan fingerprint density at radius 2 is 1.47 bits per heavy atom. The molecule has 0 N–H and O–H groups in total. The maximum Gasteiger partial charge on any atom is 0.145 e. The number of unbranched alkanes of at least 4 members (excludes halogenated alkanes) is 7. The van der Waals surface area contributed by atoms with E-state index in [-0.39, 0.29) is 0 Å². The predicted molar refractivity (Wildman–Crippen MR) is 136 cm³/mol. The third-order valence-corrected chi connectivity index (χ3v) is 5.60.